The zero-order valence-corrected chi connectivity index (χ0v) is 16.0. The van der Waals surface area contributed by atoms with E-state index < -0.39 is 17.4 Å². The summed E-state index contributed by atoms with van der Waals surface area (Å²) >= 11 is 0. The summed E-state index contributed by atoms with van der Waals surface area (Å²) in [5.41, 5.74) is 2.17. The normalized spacial score (nSPS) is 21.2. The topological polar surface area (TPSA) is 71.6 Å². The summed E-state index contributed by atoms with van der Waals surface area (Å²) < 4.78 is 38.9. The van der Waals surface area contributed by atoms with Crippen molar-refractivity contribution < 1.29 is 23.0 Å². The van der Waals surface area contributed by atoms with Gasteiger partial charge in [0.1, 0.15) is 17.7 Å². The maximum Gasteiger partial charge on any atom is 0.257 e. The highest BCUT2D eigenvalue weighted by atomic mass is 19.1. The van der Waals surface area contributed by atoms with Gasteiger partial charge in [-0.05, 0) is 50.2 Å². The van der Waals surface area contributed by atoms with E-state index in [1.165, 1.54) is 30.5 Å². The first-order valence-corrected chi connectivity index (χ1v) is 9.24. The molecule has 152 valence electrons. The van der Waals surface area contributed by atoms with Crippen molar-refractivity contribution in [2.75, 3.05) is 29.1 Å². The number of benzene rings is 2. The van der Waals surface area contributed by atoms with Gasteiger partial charge in [0.05, 0.1) is 23.6 Å². The van der Waals surface area contributed by atoms with Gasteiger partial charge in [-0.15, -0.1) is 0 Å². The predicted molar refractivity (Wildman–Crippen MR) is 106 cm³/mol. The Morgan fingerprint density at radius 3 is 2.79 bits per heavy atom. The number of carbonyl (C=O) groups is 1. The highest BCUT2D eigenvalue weighted by Crippen LogP contribution is 2.32. The van der Waals surface area contributed by atoms with E-state index in [2.05, 4.69) is 16.0 Å². The van der Waals surface area contributed by atoms with Crippen molar-refractivity contribution in [1.29, 1.82) is 0 Å². The van der Waals surface area contributed by atoms with Gasteiger partial charge >= 0.3 is 0 Å². The van der Waals surface area contributed by atoms with Crippen LogP contribution in [0.5, 0.6) is 0 Å². The van der Waals surface area contributed by atoms with Gasteiger partial charge in [-0.1, -0.05) is 0 Å². The summed E-state index contributed by atoms with van der Waals surface area (Å²) in [5, 5.41) is 8.54. The quantitative estimate of drug-likeness (QED) is 0.662. The molecular formula is C21H21F2N3O3. The summed E-state index contributed by atoms with van der Waals surface area (Å²) in [6.07, 6.45) is 1.32. The smallest absolute Gasteiger partial charge is 0.257 e. The number of ether oxygens (including phenoxy) is 2. The lowest BCUT2D eigenvalue weighted by Crippen LogP contribution is -2.26. The molecule has 6 nitrogen and oxygen atoms in total. The van der Waals surface area contributed by atoms with E-state index in [0.717, 1.165) is 0 Å². The molecule has 0 radical (unpaired) electrons. The van der Waals surface area contributed by atoms with Crippen molar-refractivity contribution in [3.8, 4) is 0 Å². The van der Waals surface area contributed by atoms with Crippen LogP contribution in [0, 0.1) is 11.6 Å². The van der Waals surface area contributed by atoms with Gasteiger partial charge in [-0.2, -0.15) is 0 Å². The van der Waals surface area contributed by atoms with Crippen LogP contribution < -0.4 is 16.0 Å². The molecular weight excluding hydrogens is 380 g/mol. The molecule has 0 bridgehead atoms. The molecule has 1 fully saturated rings. The Morgan fingerprint density at radius 1 is 1.24 bits per heavy atom. The van der Waals surface area contributed by atoms with Crippen LogP contribution in [0.2, 0.25) is 0 Å². The van der Waals surface area contributed by atoms with E-state index in [-0.39, 0.29) is 12.0 Å². The molecule has 0 aromatic heterocycles. The summed E-state index contributed by atoms with van der Waals surface area (Å²) in [5.74, 6) is -1.84. The van der Waals surface area contributed by atoms with E-state index in [1.54, 1.807) is 12.1 Å². The number of fused-ring (bicyclic) bond motifs is 1. The summed E-state index contributed by atoms with van der Waals surface area (Å²) in [7, 11) is 0. The molecule has 2 aromatic rings. The van der Waals surface area contributed by atoms with Gasteiger partial charge in [0.25, 0.3) is 5.91 Å². The third-order valence-electron chi connectivity index (χ3n) is 4.70. The Hall–Kier alpha value is -2.97. The molecule has 1 atom stereocenters. The van der Waals surface area contributed by atoms with E-state index in [9.17, 15) is 13.6 Å². The first kappa shape index (κ1) is 19.4. The Balaban J connectivity index is 1.41. The molecule has 0 saturated carbocycles. The largest absolute Gasteiger partial charge is 0.380 e. The number of amides is 1. The maximum atomic E-state index is 14.4. The summed E-state index contributed by atoms with van der Waals surface area (Å²) in [6, 6.07) is 8.70. The Labute approximate surface area is 166 Å². The third-order valence-corrected chi connectivity index (χ3v) is 4.70. The van der Waals surface area contributed by atoms with Crippen molar-refractivity contribution in [1.82, 2.24) is 0 Å². The Bertz CT molecular complexity index is 991. The van der Waals surface area contributed by atoms with Crippen LogP contribution in [0.1, 0.15) is 19.4 Å². The molecule has 1 saturated heterocycles. The number of rotatable bonds is 5. The van der Waals surface area contributed by atoms with E-state index in [1.807, 2.05) is 13.8 Å². The Kier molecular flexibility index (Phi) is 4.97. The highest BCUT2D eigenvalue weighted by Gasteiger charge is 2.32. The predicted octanol–water partition coefficient (Wildman–Crippen LogP) is 3.93. The molecule has 2 heterocycles. The van der Waals surface area contributed by atoms with Crippen molar-refractivity contribution in [3.63, 3.8) is 0 Å². The maximum absolute atomic E-state index is 14.4. The molecule has 2 aliphatic rings. The van der Waals surface area contributed by atoms with Crippen LogP contribution in [0.15, 0.2) is 42.6 Å². The van der Waals surface area contributed by atoms with E-state index in [0.29, 0.717) is 41.4 Å². The van der Waals surface area contributed by atoms with Gasteiger partial charge < -0.3 is 25.4 Å². The number of hydrogen-bond donors (Lipinski definition) is 3. The van der Waals surface area contributed by atoms with Gasteiger partial charge in [-0.25, -0.2) is 8.78 Å². The zero-order valence-electron chi connectivity index (χ0n) is 16.0. The number of nitrogens with one attached hydrogen (secondary N) is 3. The molecule has 1 amide bonds. The van der Waals surface area contributed by atoms with Gasteiger partial charge in [-0.3, -0.25) is 4.79 Å². The number of carbonyl (C=O) groups excluding carboxylic acids is 1. The molecule has 2 aromatic carbocycles. The average molecular weight is 401 g/mol. The monoisotopic (exact) mass is 401 g/mol. The lowest BCUT2D eigenvalue weighted by Gasteiger charge is -2.17. The van der Waals surface area contributed by atoms with Crippen LogP contribution in [-0.4, -0.2) is 30.9 Å². The van der Waals surface area contributed by atoms with E-state index >= 15 is 0 Å². The Morgan fingerprint density at radius 2 is 2.07 bits per heavy atom. The second kappa shape index (κ2) is 7.46. The first-order chi connectivity index (χ1) is 13.8. The number of halogens is 2. The van der Waals surface area contributed by atoms with Crippen LogP contribution in [0.4, 0.5) is 25.8 Å². The van der Waals surface area contributed by atoms with Crippen molar-refractivity contribution in [2.24, 2.45) is 0 Å². The fraction of sp³-hybridized carbons (Fsp3) is 0.286. The van der Waals surface area contributed by atoms with Crippen LogP contribution in [-0.2, 0) is 14.3 Å². The fourth-order valence-electron chi connectivity index (χ4n) is 3.30. The van der Waals surface area contributed by atoms with Gasteiger partial charge in [0.15, 0.2) is 5.79 Å². The lowest BCUT2D eigenvalue weighted by atomic mass is 10.1. The minimum absolute atomic E-state index is 0.155. The zero-order chi connectivity index (χ0) is 20.6. The van der Waals surface area contributed by atoms with Crippen molar-refractivity contribution in [2.45, 2.75) is 25.7 Å². The summed E-state index contributed by atoms with van der Waals surface area (Å²) in [6.45, 7) is 4.54. The number of hydrogen-bond acceptors (Lipinski definition) is 5. The molecule has 4 rings (SSSR count). The fourth-order valence-corrected chi connectivity index (χ4v) is 3.30. The second-order valence-corrected chi connectivity index (χ2v) is 7.37. The average Bonchev–Trinajstić information content (AvgIpc) is 3.16. The van der Waals surface area contributed by atoms with Crippen molar-refractivity contribution in [3.05, 3.63) is 59.8 Å². The number of anilines is 3. The van der Waals surface area contributed by atoms with E-state index in [4.69, 9.17) is 9.47 Å². The third kappa shape index (κ3) is 4.23. The summed E-state index contributed by atoms with van der Waals surface area (Å²) in [4.78, 5) is 12.1. The van der Waals surface area contributed by atoms with Crippen molar-refractivity contribution >= 4 is 28.5 Å². The molecule has 8 heteroatoms. The molecule has 0 spiro atoms. The lowest BCUT2D eigenvalue weighted by molar-refractivity contribution is -0.136. The highest BCUT2D eigenvalue weighted by molar-refractivity contribution is 6.31. The molecule has 0 aliphatic carbocycles. The standard InChI is InChI=1S/C21H21F2N3O3/c1-21(2)28-11-14(29-21)9-25-18-6-4-13(8-17(18)23)24-10-16-15-5-3-12(22)7-19(15)26-20(16)27/h3-8,10,14,24-25H,9,11H2,1-2H3,(H,26,27)/b16-10+. The molecule has 29 heavy (non-hydrogen) atoms. The minimum atomic E-state index is -0.622. The van der Waals surface area contributed by atoms with Crippen LogP contribution in [0.3, 0.4) is 0 Å². The van der Waals surface area contributed by atoms with Gasteiger partial charge in [0.2, 0.25) is 0 Å². The van der Waals surface area contributed by atoms with Gasteiger partial charge in [0, 0.05) is 24.0 Å². The van der Waals surface area contributed by atoms with Crippen LogP contribution >= 0.6 is 0 Å². The van der Waals surface area contributed by atoms with Crippen LogP contribution in [0.25, 0.3) is 5.57 Å². The first-order valence-electron chi connectivity index (χ1n) is 9.24. The minimum Gasteiger partial charge on any atom is -0.380 e. The second-order valence-electron chi connectivity index (χ2n) is 7.37. The molecule has 2 aliphatic heterocycles. The SMILES string of the molecule is CC1(C)OCC(CNc2ccc(N/C=C3/C(=O)Nc4cc(F)ccc43)cc2F)O1. The molecule has 3 N–H and O–H groups in total. The molecule has 1 unspecified atom stereocenters.